The minimum Gasteiger partial charge on any atom is -0.311 e. The molecule has 124 valence electrons. The molecule has 23 heavy (non-hydrogen) atoms. The highest BCUT2D eigenvalue weighted by Crippen LogP contribution is 2.24. The molecule has 2 aliphatic heterocycles. The van der Waals surface area contributed by atoms with Gasteiger partial charge in [-0.2, -0.15) is 0 Å². The summed E-state index contributed by atoms with van der Waals surface area (Å²) in [5.41, 5.74) is 2.11. The predicted octanol–water partition coefficient (Wildman–Crippen LogP) is 2.02. The lowest BCUT2D eigenvalue weighted by molar-refractivity contribution is 0.280. The SMILES string of the molecule is CN1CCC(Cc2nc3cccnc3n2CC2CCCN2C)C1. The molecule has 2 atom stereocenters. The topological polar surface area (TPSA) is 37.2 Å². The molecule has 0 N–H and O–H groups in total. The van der Waals surface area contributed by atoms with E-state index in [0.717, 1.165) is 30.0 Å². The van der Waals surface area contributed by atoms with Gasteiger partial charge in [-0.25, -0.2) is 9.97 Å². The number of imidazole rings is 1. The fourth-order valence-electron chi connectivity index (χ4n) is 4.22. The van der Waals surface area contributed by atoms with Crippen molar-refractivity contribution in [3.63, 3.8) is 0 Å². The van der Waals surface area contributed by atoms with Crippen LogP contribution in [0, 0.1) is 5.92 Å². The summed E-state index contributed by atoms with van der Waals surface area (Å²) in [5, 5.41) is 0. The first kappa shape index (κ1) is 15.1. The number of pyridine rings is 1. The quantitative estimate of drug-likeness (QED) is 0.865. The van der Waals surface area contributed by atoms with E-state index in [2.05, 4.69) is 39.5 Å². The van der Waals surface area contributed by atoms with E-state index in [9.17, 15) is 0 Å². The molecular formula is C18H27N5. The van der Waals surface area contributed by atoms with Crippen molar-refractivity contribution in [2.45, 2.75) is 38.3 Å². The van der Waals surface area contributed by atoms with Crippen molar-refractivity contribution in [1.29, 1.82) is 0 Å². The first-order chi connectivity index (χ1) is 11.2. The molecule has 0 saturated carbocycles. The summed E-state index contributed by atoms with van der Waals surface area (Å²) in [4.78, 5) is 14.5. The third-order valence-electron chi connectivity index (χ3n) is 5.61. The molecule has 2 aromatic rings. The molecule has 5 nitrogen and oxygen atoms in total. The van der Waals surface area contributed by atoms with Crippen LogP contribution in [-0.2, 0) is 13.0 Å². The molecule has 5 heteroatoms. The summed E-state index contributed by atoms with van der Waals surface area (Å²) in [6.07, 6.45) is 6.86. The van der Waals surface area contributed by atoms with Crippen LogP contribution in [0.3, 0.4) is 0 Å². The zero-order valence-electron chi connectivity index (χ0n) is 14.3. The highest BCUT2D eigenvalue weighted by atomic mass is 15.2. The van der Waals surface area contributed by atoms with Crippen LogP contribution in [0.2, 0.25) is 0 Å². The van der Waals surface area contributed by atoms with Crippen molar-refractivity contribution >= 4 is 11.2 Å². The predicted molar refractivity (Wildman–Crippen MR) is 92.5 cm³/mol. The van der Waals surface area contributed by atoms with Crippen LogP contribution < -0.4 is 0 Å². The molecule has 0 aromatic carbocycles. The van der Waals surface area contributed by atoms with Crippen molar-refractivity contribution in [2.75, 3.05) is 33.7 Å². The van der Waals surface area contributed by atoms with Crippen LogP contribution >= 0.6 is 0 Å². The van der Waals surface area contributed by atoms with Gasteiger partial charge in [0.1, 0.15) is 11.3 Å². The Morgan fingerprint density at radius 1 is 1.22 bits per heavy atom. The van der Waals surface area contributed by atoms with E-state index in [1.165, 1.54) is 44.7 Å². The van der Waals surface area contributed by atoms with Crippen molar-refractivity contribution in [3.8, 4) is 0 Å². The van der Waals surface area contributed by atoms with E-state index in [1.807, 2.05) is 12.3 Å². The van der Waals surface area contributed by atoms with Crippen LogP contribution in [-0.4, -0.2) is 64.1 Å². The van der Waals surface area contributed by atoms with Gasteiger partial charge in [-0.3, -0.25) is 0 Å². The van der Waals surface area contributed by atoms with Crippen LogP contribution in [0.15, 0.2) is 18.3 Å². The molecule has 2 aromatic heterocycles. The first-order valence-corrected chi connectivity index (χ1v) is 8.89. The van der Waals surface area contributed by atoms with Gasteiger partial charge in [0.2, 0.25) is 0 Å². The Bertz CT molecular complexity index is 679. The average Bonchev–Trinajstić information content (AvgIpc) is 3.22. The molecule has 0 amide bonds. The summed E-state index contributed by atoms with van der Waals surface area (Å²) >= 11 is 0. The van der Waals surface area contributed by atoms with E-state index < -0.39 is 0 Å². The maximum atomic E-state index is 4.93. The summed E-state index contributed by atoms with van der Waals surface area (Å²) in [5.74, 6) is 1.97. The Morgan fingerprint density at radius 3 is 2.87 bits per heavy atom. The Kier molecular flexibility index (Phi) is 4.07. The number of nitrogens with zero attached hydrogens (tertiary/aromatic N) is 5. The van der Waals surface area contributed by atoms with Gasteiger partial charge in [-0.05, 0) is 64.5 Å². The van der Waals surface area contributed by atoms with Gasteiger partial charge in [-0.15, -0.1) is 0 Å². The highest BCUT2D eigenvalue weighted by molar-refractivity contribution is 5.71. The number of likely N-dealkylation sites (tertiary alicyclic amines) is 2. The third kappa shape index (κ3) is 3.00. The fourth-order valence-corrected chi connectivity index (χ4v) is 4.22. The van der Waals surface area contributed by atoms with Gasteiger partial charge in [0, 0.05) is 31.7 Å². The Morgan fingerprint density at radius 2 is 2.13 bits per heavy atom. The van der Waals surface area contributed by atoms with Gasteiger partial charge in [-0.1, -0.05) is 0 Å². The maximum Gasteiger partial charge on any atom is 0.160 e. The lowest BCUT2D eigenvalue weighted by Gasteiger charge is -2.21. The second kappa shape index (κ2) is 6.21. The normalized spacial score (nSPS) is 26.5. The highest BCUT2D eigenvalue weighted by Gasteiger charge is 2.26. The standard InChI is InChI=1S/C18H27N5/c1-21-10-7-14(12-21)11-17-20-16-6-3-8-19-18(16)23(17)13-15-5-4-9-22(15)2/h3,6,8,14-15H,4-5,7,9-13H2,1-2H3. The van der Waals surface area contributed by atoms with Gasteiger partial charge >= 0.3 is 0 Å². The van der Waals surface area contributed by atoms with Crippen LogP contribution in [0.4, 0.5) is 0 Å². The number of hydrogen-bond acceptors (Lipinski definition) is 4. The summed E-state index contributed by atoms with van der Waals surface area (Å²) in [6, 6.07) is 4.72. The van der Waals surface area contributed by atoms with Crippen molar-refractivity contribution in [1.82, 2.24) is 24.3 Å². The second-order valence-corrected chi connectivity index (χ2v) is 7.38. The van der Waals surface area contributed by atoms with Gasteiger partial charge in [0.05, 0.1) is 0 Å². The zero-order chi connectivity index (χ0) is 15.8. The van der Waals surface area contributed by atoms with Crippen LogP contribution in [0.25, 0.3) is 11.2 Å². The largest absolute Gasteiger partial charge is 0.311 e. The van der Waals surface area contributed by atoms with Crippen molar-refractivity contribution in [2.24, 2.45) is 5.92 Å². The number of aromatic nitrogens is 3. The second-order valence-electron chi connectivity index (χ2n) is 7.38. The van der Waals surface area contributed by atoms with Gasteiger partial charge < -0.3 is 14.4 Å². The summed E-state index contributed by atoms with van der Waals surface area (Å²) in [7, 11) is 4.47. The lowest BCUT2D eigenvalue weighted by Crippen LogP contribution is -2.30. The molecule has 4 heterocycles. The fraction of sp³-hybridized carbons (Fsp3) is 0.667. The smallest absolute Gasteiger partial charge is 0.160 e. The van der Waals surface area contributed by atoms with Gasteiger partial charge in [0.25, 0.3) is 0 Å². The van der Waals surface area contributed by atoms with Crippen LogP contribution in [0.1, 0.15) is 25.1 Å². The molecule has 2 unspecified atom stereocenters. The zero-order valence-corrected chi connectivity index (χ0v) is 14.3. The van der Waals surface area contributed by atoms with E-state index in [-0.39, 0.29) is 0 Å². The molecule has 2 saturated heterocycles. The molecule has 2 aliphatic rings. The molecule has 2 fully saturated rings. The Hall–Kier alpha value is -1.46. The first-order valence-electron chi connectivity index (χ1n) is 8.89. The summed E-state index contributed by atoms with van der Waals surface area (Å²) in [6.45, 7) is 4.66. The Labute approximate surface area is 138 Å². The van der Waals surface area contributed by atoms with Crippen LogP contribution in [0.5, 0.6) is 0 Å². The molecule has 0 radical (unpaired) electrons. The van der Waals surface area contributed by atoms with E-state index in [1.54, 1.807) is 0 Å². The molecular weight excluding hydrogens is 286 g/mol. The molecule has 4 rings (SSSR count). The van der Waals surface area contributed by atoms with Crippen molar-refractivity contribution in [3.05, 3.63) is 24.2 Å². The minimum atomic E-state index is 0.624. The van der Waals surface area contributed by atoms with E-state index in [4.69, 9.17) is 4.98 Å². The minimum absolute atomic E-state index is 0.624. The maximum absolute atomic E-state index is 4.93. The lowest BCUT2D eigenvalue weighted by atomic mass is 10.0. The number of likely N-dealkylation sites (N-methyl/N-ethyl adjacent to an activating group) is 1. The number of fused-ring (bicyclic) bond motifs is 1. The monoisotopic (exact) mass is 313 g/mol. The molecule has 0 bridgehead atoms. The summed E-state index contributed by atoms with van der Waals surface area (Å²) < 4.78 is 2.40. The van der Waals surface area contributed by atoms with Gasteiger partial charge in [0.15, 0.2) is 5.65 Å². The van der Waals surface area contributed by atoms with E-state index in [0.29, 0.717) is 6.04 Å². The third-order valence-corrected chi connectivity index (χ3v) is 5.61. The number of hydrogen-bond donors (Lipinski definition) is 0. The van der Waals surface area contributed by atoms with E-state index >= 15 is 0 Å². The average molecular weight is 313 g/mol. The molecule has 0 aliphatic carbocycles. The molecule has 0 spiro atoms. The Balaban J connectivity index is 1.63. The van der Waals surface area contributed by atoms with Crippen molar-refractivity contribution < 1.29 is 0 Å². The number of rotatable bonds is 4.